The Bertz CT molecular complexity index is 1070. The Labute approximate surface area is 183 Å². The first-order valence-electron chi connectivity index (χ1n) is 11.0. The highest BCUT2D eigenvalue weighted by molar-refractivity contribution is 5.85. The molecule has 2 aromatic carbocycles. The van der Waals surface area contributed by atoms with Crippen molar-refractivity contribution < 1.29 is 14.4 Å². The number of hydrogen-bond donors (Lipinski definition) is 1. The van der Waals surface area contributed by atoms with Gasteiger partial charge in [-0.15, -0.1) is 6.58 Å². The van der Waals surface area contributed by atoms with E-state index >= 15 is 0 Å². The molecule has 4 nitrogen and oxygen atoms in total. The van der Waals surface area contributed by atoms with E-state index in [1.807, 2.05) is 37.3 Å². The number of nitrogens with zero attached hydrogens (tertiary/aromatic N) is 1. The molecule has 1 unspecified atom stereocenters. The molecule has 1 aromatic heterocycles. The zero-order valence-electron chi connectivity index (χ0n) is 18.2. The SMILES string of the molecule is C=CCCC(C)Cc1c(C)noc1-c1ccc(-c2ccc(C3(C(=O)O)CC3)cc2)cc1. The molecule has 0 radical (unpaired) electrons. The second-order valence-corrected chi connectivity index (χ2v) is 8.79. The van der Waals surface area contributed by atoms with Gasteiger partial charge in [0.1, 0.15) is 0 Å². The number of carboxylic acids is 1. The van der Waals surface area contributed by atoms with Crippen LogP contribution in [-0.2, 0) is 16.6 Å². The second-order valence-electron chi connectivity index (χ2n) is 8.79. The number of benzene rings is 2. The Hall–Kier alpha value is -3.14. The molecule has 1 saturated carbocycles. The van der Waals surface area contributed by atoms with E-state index in [0.29, 0.717) is 5.92 Å². The molecule has 0 bridgehead atoms. The van der Waals surface area contributed by atoms with Crippen LogP contribution in [-0.4, -0.2) is 16.2 Å². The first-order chi connectivity index (χ1) is 14.9. The molecule has 4 rings (SSSR count). The molecular weight excluding hydrogens is 386 g/mol. The van der Waals surface area contributed by atoms with Gasteiger partial charge in [-0.1, -0.05) is 66.7 Å². The van der Waals surface area contributed by atoms with Crippen LogP contribution < -0.4 is 0 Å². The molecule has 1 heterocycles. The van der Waals surface area contributed by atoms with Crippen LogP contribution in [0.15, 0.2) is 65.7 Å². The summed E-state index contributed by atoms with van der Waals surface area (Å²) in [7, 11) is 0. The first-order valence-corrected chi connectivity index (χ1v) is 11.0. The monoisotopic (exact) mass is 415 g/mol. The summed E-state index contributed by atoms with van der Waals surface area (Å²) in [5.74, 6) is 0.664. The van der Waals surface area contributed by atoms with Crippen LogP contribution >= 0.6 is 0 Å². The van der Waals surface area contributed by atoms with Crippen molar-refractivity contribution in [3.63, 3.8) is 0 Å². The van der Waals surface area contributed by atoms with E-state index in [-0.39, 0.29) is 0 Å². The number of aliphatic carboxylic acids is 1. The maximum absolute atomic E-state index is 11.5. The summed E-state index contributed by atoms with van der Waals surface area (Å²) in [6.45, 7) is 8.07. The maximum atomic E-state index is 11.5. The molecule has 160 valence electrons. The molecule has 0 saturated heterocycles. The first kappa shape index (κ1) is 21.1. The van der Waals surface area contributed by atoms with Crippen molar-refractivity contribution in [3.8, 4) is 22.5 Å². The molecule has 1 aliphatic rings. The molecule has 1 aliphatic carbocycles. The van der Waals surface area contributed by atoms with Crippen molar-refractivity contribution >= 4 is 5.97 Å². The Morgan fingerprint density at radius 1 is 1.13 bits per heavy atom. The average molecular weight is 416 g/mol. The highest BCUT2D eigenvalue weighted by atomic mass is 16.5. The van der Waals surface area contributed by atoms with Gasteiger partial charge in [0.2, 0.25) is 0 Å². The van der Waals surface area contributed by atoms with Gasteiger partial charge in [-0.05, 0) is 61.6 Å². The van der Waals surface area contributed by atoms with Gasteiger partial charge in [-0.25, -0.2) is 0 Å². The molecule has 4 heteroatoms. The Morgan fingerprint density at radius 3 is 2.26 bits per heavy atom. The number of allylic oxidation sites excluding steroid dienone is 1. The third kappa shape index (κ3) is 4.20. The van der Waals surface area contributed by atoms with E-state index in [1.54, 1.807) is 0 Å². The summed E-state index contributed by atoms with van der Waals surface area (Å²) in [6, 6.07) is 16.2. The predicted molar refractivity (Wildman–Crippen MR) is 123 cm³/mol. The van der Waals surface area contributed by atoms with Gasteiger partial charge in [-0.2, -0.15) is 0 Å². The smallest absolute Gasteiger partial charge is 0.314 e. The number of rotatable bonds is 9. The van der Waals surface area contributed by atoms with Crippen LogP contribution in [0.3, 0.4) is 0 Å². The lowest BCUT2D eigenvalue weighted by molar-refractivity contribution is -0.140. The van der Waals surface area contributed by atoms with Crippen molar-refractivity contribution in [1.82, 2.24) is 5.16 Å². The van der Waals surface area contributed by atoms with Gasteiger partial charge < -0.3 is 9.63 Å². The quantitative estimate of drug-likeness (QED) is 0.401. The Kier molecular flexibility index (Phi) is 5.81. The number of carbonyl (C=O) groups is 1. The lowest BCUT2D eigenvalue weighted by Gasteiger charge is -2.12. The fourth-order valence-electron chi connectivity index (χ4n) is 4.26. The third-order valence-electron chi connectivity index (χ3n) is 6.48. The average Bonchev–Trinajstić information content (AvgIpc) is 3.53. The Morgan fingerprint density at radius 2 is 1.71 bits per heavy atom. The highest BCUT2D eigenvalue weighted by Crippen LogP contribution is 2.48. The molecule has 1 fully saturated rings. The minimum Gasteiger partial charge on any atom is -0.481 e. The van der Waals surface area contributed by atoms with Gasteiger partial charge in [0.15, 0.2) is 5.76 Å². The van der Waals surface area contributed by atoms with E-state index in [1.165, 1.54) is 5.56 Å². The molecule has 0 spiro atoms. The van der Waals surface area contributed by atoms with Gasteiger partial charge >= 0.3 is 5.97 Å². The molecule has 31 heavy (non-hydrogen) atoms. The summed E-state index contributed by atoms with van der Waals surface area (Å²) in [4.78, 5) is 11.5. The summed E-state index contributed by atoms with van der Waals surface area (Å²) < 4.78 is 5.69. The second kappa shape index (κ2) is 8.54. The maximum Gasteiger partial charge on any atom is 0.314 e. The van der Waals surface area contributed by atoms with Crippen molar-refractivity contribution in [1.29, 1.82) is 0 Å². The zero-order valence-corrected chi connectivity index (χ0v) is 18.2. The van der Waals surface area contributed by atoms with Crippen molar-refractivity contribution in [2.24, 2.45) is 5.92 Å². The van der Waals surface area contributed by atoms with Gasteiger partial charge in [0.25, 0.3) is 0 Å². The number of aromatic nitrogens is 1. The minimum atomic E-state index is -0.721. The molecule has 3 aromatic rings. The van der Waals surface area contributed by atoms with Crippen LogP contribution in [0.2, 0.25) is 0 Å². The largest absolute Gasteiger partial charge is 0.481 e. The minimum absolute atomic E-state index is 0.535. The third-order valence-corrected chi connectivity index (χ3v) is 6.48. The van der Waals surface area contributed by atoms with Crippen LogP contribution in [0.1, 0.15) is 49.4 Å². The fourth-order valence-corrected chi connectivity index (χ4v) is 4.26. The molecular formula is C27H29NO3. The van der Waals surface area contributed by atoms with Crippen molar-refractivity contribution in [3.05, 3.63) is 78.0 Å². The van der Waals surface area contributed by atoms with Crippen LogP contribution in [0.5, 0.6) is 0 Å². The summed E-state index contributed by atoms with van der Waals surface area (Å²) in [6.07, 6.45) is 6.47. The summed E-state index contributed by atoms with van der Waals surface area (Å²) in [5.41, 5.74) is 5.55. The standard InChI is InChI=1S/C27H29NO3/c1-4-5-6-18(2)17-24-19(3)28-31-25(24)22-9-7-20(8-10-22)21-11-13-23(14-12-21)27(15-16-27)26(29)30/h4,7-14,18H,1,5-6,15-17H2,2-3H3,(H,29,30). The predicted octanol–water partition coefficient (Wildman–Crippen LogP) is 6.58. The molecule has 0 amide bonds. The van der Waals surface area contributed by atoms with Crippen molar-refractivity contribution in [2.75, 3.05) is 0 Å². The summed E-state index contributed by atoms with van der Waals surface area (Å²) in [5, 5.41) is 13.7. The van der Waals surface area contributed by atoms with E-state index in [4.69, 9.17) is 4.52 Å². The topological polar surface area (TPSA) is 63.3 Å². The van der Waals surface area contributed by atoms with Crippen molar-refractivity contribution in [2.45, 2.75) is 51.4 Å². The van der Waals surface area contributed by atoms with Gasteiger partial charge in [0, 0.05) is 11.1 Å². The fraction of sp³-hybridized carbons (Fsp3) is 0.333. The van der Waals surface area contributed by atoms with Gasteiger partial charge in [0.05, 0.1) is 11.1 Å². The van der Waals surface area contributed by atoms with Crippen LogP contribution in [0, 0.1) is 12.8 Å². The lowest BCUT2D eigenvalue weighted by Crippen LogP contribution is -2.19. The van der Waals surface area contributed by atoms with E-state index in [0.717, 1.165) is 65.8 Å². The molecule has 0 aliphatic heterocycles. The van der Waals surface area contributed by atoms with Crippen LogP contribution in [0.25, 0.3) is 22.5 Å². The lowest BCUT2D eigenvalue weighted by atomic mass is 9.92. The number of carboxylic acid groups (broad SMARTS) is 1. The van der Waals surface area contributed by atoms with Crippen LogP contribution in [0.4, 0.5) is 0 Å². The number of hydrogen-bond acceptors (Lipinski definition) is 3. The Balaban J connectivity index is 1.53. The zero-order chi connectivity index (χ0) is 22.0. The van der Waals surface area contributed by atoms with E-state index < -0.39 is 11.4 Å². The normalized spacial score (nSPS) is 15.4. The van der Waals surface area contributed by atoms with Gasteiger partial charge in [-0.3, -0.25) is 4.79 Å². The highest BCUT2D eigenvalue weighted by Gasteiger charge is 2.51. The molecule has 1 N–H and O–H groups in total. The molecule has 1 atom stereocenters. The van der Waals surface area contributed by atoms with E-state index in [9.17, 15) is 9.90 Å². The van der Waals surface area contributed by atoms with E-state index in [2.05, 4.69) is 42.9 Å². The summed E-state index contributed by atoms with van der Waals surface area (Å²) >= 11 is 0. The number of aryl methyl sites for hydroxylation is 1.